The van der Waals surface area contributed by atoms with Gasteiger partial charge in [0, 0.05) is 72.1 Å². The van der Waals surface area contributed by atoms with E-state index >= 15 is 0 Å². The zero-order valence-corrected chi connectivity index (χ0v) is 9.80. The van der Waals surface area contributed by atoms with E-state index in [0.717, 1.165) is 0 Å². The molecule has 5 nitrogen and oxygen atoms in total. The summed E-state index contributed by atoms with van der Waals surface area (Å²) in [6, 6.07) is 0. The van der Waals surface area contributed by atoms with Gasteiger partial charge >= 0.3 is 18.9 Å². The first-order valence-electron chi connectivity index (χ1n) is 0. The van der Waals surface area contributed by atoms with E-state index in [1.165, 1.54) is 0 Å². The maximum absolute atomic E-state index is 0. The van der Waals surface area contributed by atoms with Gasteiger partial charge in [-0.1, -0.05) is 0 Å². The minimum atomic E-state index is 0. The van der Waals surface area contributed by atoms with E-state index in [0.29, 0.717) is 0 Å². The summed E-state index contributed by atoms with van der Waals surface area (Å²) in [5, 5.41) is 0. The van der Waals surface area contributed by atoms with E-state index in [2.05, 4.69) is 0 Å². The molecule has 0 bridgehead atoms. The van der Waals surface area contributed by atoms with Gasteiger partial charge in [-0.05, 0) is 0 Å². The first-order valence-corrected chi connectivity index (χ1v) is 0. The van der Waals surface area contributed by atoms with Crippen LogP contribution >= 0.6 is 0 Å². The Hall–Kier alpha value is 2.63. The van der Waals surface area contributed by atoms with E-state index < -0.39 is 0 Å². The van der Waals surface area contributed by atoms with Crippen LogP contribution in [0.3, 0.4) is 0 Å². The SMILES string of the molecule is O.O.O.O.O.[Co].[H-].[Li+].[Mn].[Ni].[Ti]. The predicted octanol–water partition coefficient (Wildman–Crippen LogP) is -7.02. The van der Waals surface area contributed by atoms with Crippen LogP contribution in [0.25, 0.3) is 0 Å². The Morgan fingerprint density at radius 2 is 0.700 bits per heavy atom. The minimum absolute atomic E-state index is 0. The minimum Gasteiger partial charge on any atom is -1.00 e. The topological polar surface area (TPSA) is 158 Å². The van der Waals surface area contributed by atoms with Crippen molar-refractivity contribution in [3.63, 3.8) is 0 Å². The summed E-state index contributed by atoms with van der Waals surface area (Å²) in [7, 11) is 0. The van der Waals surface area contributed by atoms with Crippen LogP contribution in [-0.2, 0) is 72.1 Å². The Balaban J connectivity index is 0. The summed E-state index contributed by atoms with van der Waals surface area (Å²) in [5.74, 6) is 0. The molecule has 0 saturated heterocycles. The van der Waals surface area contributed by atoms with Crippen molar-refractivity contribution < 1.29 is 120 Å². The maximum Gasteiger partial charge on any atom is 1.00 e. The van der Waals surface area contributed by atoms with Crippen molar-refractivity contribution >= 4 is 0 Å². The van der Waals surface area contributed by atoms with Gasteiger partial charge in [-0.2, -0.15) is 0 Å². The van der Waals surface area contributed by atoms with Gasteiger partial charge < -0.3 is 28.8 Å². The molecule has 10 heavy (non-hydrogen) atoms. The number of hydrogen-bond acceptors (Lipinski definition) is 0. The normalized spacial score (nSPS) is 0. The average molecular weight is 318 g/mol. The summed E-state index contributed by atoms with van der Waals surface area (Å²) in [6.07, 6.45) is 0. The molecule has 0 spiro atoms. The fourth-order valence-electron chi connectivity index (χ4n) is 0. The Morgan fingerprint density at radius 1 is 0.700 bits per heavy atom. The molecule has 0 atom stereocenters. The van der Waals surface area contributed by atoms with Crippen LogP contribution in [0.4, 0.5) is 0 Å². The van der Waals surface area contributed by atoms with Gasteiger partial charge in [0.25, 0.3) is 0 Å². The Kier molecular flexibility index (Phi) is 4690. The van der Waals surface area contributed by atoms with Gasteiger partial charge in [-0.25, -0.2) is 0 Å². The Bertz CT molecular complexity index is 26.4. The first kappa shape index (κ1) is 247. The molecular formula is H11CoLiMnNiO5Ti. The molecule has 0 aliphatic carbocycles. The Labute approximate surface area is 119 Å². The first-order chi connectivity index (χ1) is 0. The predicted molar refractivity (Wildman–Crippen MR) is 19.2 cm³/mol. The van der Waals surface area contributed by atoms with Gasteiger partial charge in [0.05, 0.1) is 0 Å². The van der Waals surface area contributed by atoms with Crippen molar-refractivity contribution in [2.75, 3.05) is 0 Å². The van der Waals surface area contributed by atoms with Crippen LogP contribution in [0.5, 0.6) is 0 Å². The van der Waals surface area contributed by atoms with E-state index in [1.54, 1.807) is 0 Å². The summed E-state index contributed by atoms with van der Waals surface area (Å²) in [5.41, 5.74) is 0. The molecule has 72 valence electrons. The smallest absolute Gasteiger partial charge is 1.00 e. The fourth-order valence-corrected chi connectivity index (χ4v) is 0. The summed E-state index contributed by atoms with van der Waals surface area (Å²) in [6.45, 7) is 0. The standard InChI is InChI=1S/Co.Li.Mn.Ni.5H2O.Ti.H/h;;;;5*1H2;;/q;+1;;;;;;;;;-1. The largest absolute Gasteiger partial charge is 1.00 e. The molecule has 0 saturated carbocycles. The maximum atomic E-state index is 0. The third-order valence-corrected chi connectivity index (χ3v) is 0. The molecule has 10 N–H and O–H groups in total. The van der Waals surface area contributed by atoms with Gasteiger partial charge in [-0.3, -0.25) is 0 Å². The second kappa shape index (κ2) is 190. The molecule has 0 aromatic heterocycles. The third-order valence-electron chi connectivity index (χ3n) is 0. The van der Waals surface area contributed by atoms with E-state index in [4.69, 9.17) is 0 Å². The van der Waals surface area contributed by atoms with Crippen molar-refractivity contribution in [2.45, 2.75) is 0 Å². The van der Waals surface area contributed by atoms with E-state index in [1.807, 2.05) is 0 Å². The van der Waals surface area contributed by atoms with Crippen LogP contribution in [-0.4, -0.2) is 27.4 Å². The molecule has 0 aliphatic heterocycles. The second-order valence-corrected chi connectivity index (χ2v) is 0. The number of rotatable bonds is 0. The zero-order valence-electron chi connectivity index (χ0n) is 6.03. The van der Waals surface area contributed by atoms with Crippen LogP contribution in [0.2, 0.25) is 0 Å². The quantitative estimate of drug-likeness (QED) is 0.389. The van der Waals surface area contributed by atoms with E-state index in [-0.39, 0.29) is 120 Å². The van der Waals surface area contributed by atoms with Gasteiger partial charge in [0.2, 0.25) is 0 Å². The second-order valence-electron chi connectivity index (χ2n) is 0. The fraction of sp³-hybridized carbons (Fsp3) is 0. The van der Waals surface area contributed by atoms with Crippen molar-refractivity contribution in [2.24, 2.45) is 0 Å². The van der Waals surface area contributed by atoms with Crippen LogP contribution < -0.4 is 18.9 Å². The molecule has 2 radical (unpaired) electrons. The van der Waals surface area contributed by atoms with Crippen LogP contribution in [0.15, 0.2) is 0 Å². The molecule has 0 rings (SSSR count). The summed E-state index contributed by atoms with van der Waals surface area (Å²) < 4.78 is 0. The molecule has 0 unspecified atom stereocenters. The molecule has 0 aromatic rings. The van der Waals surface area contributed by atoms with Crippen molar-refractivity contribution in [3.8, 4) is 0 Å². The third kappa shape index (κ3) is 142. The van der Waals surface area contributed by atoms with Crippen molar-refractivity contribution in [1.82, 2.24) is 0 Å². The molecular weight excluding hydrogens is 307 g/mol. The molecule has 0 fully saturated rings. The van der Waals surface area contributed by atoms with Crippen molar-refractivity contribution in [3.05, 3.63) is 0 Å². The summed E-state index contributed by atoms with van der Waals surface area (Å²) in [4.78, 5) is 0. The molecule has 0 amide bonds. The molecule has 0 heterocycles. The van der Waals surface area contributed by atoms with Gasteiger partial charge in [-0.15, -0.1) is 0 Å². The molecule has 0 aromatic carbocycles. The Morgan fingerprint density at radius 3 is 0.700 bits per heavy atom. The van der Waals surface area contributed by atoms with Crippen LogP contribution in [0.1, 0.15) is 1.43 Å². The molecule has 0 aliphatic rings. The number of hydrogen-bond donors (Lipinski definition) is 0. The van der Waals surface area contributed by atoms with Crippen molar-refractivity contribution in [1.29, 1.82) is 0 Å². The average Bonchev–Trinajstić information content (AvgIpc) is 0. The van der Waals surface area contributed by atoms with Gasteiger partial charge in [0.1, 0.15) is 0 Å². The monoisotopic (exact) mass is 318 g/mol. The van der Waals surface area contributed by atoms with Gasteiger partial charge in [0.15, 0.2) is 0 Å². The van der Waals surface area contributed by atoms with Crippen LogP contribution in [0, 0.1) is 0 Å². The van der Waals surface area contributed by atoms with E-state index in [9.17, 15) is 0 Å². The summed E-state index contributed by atoms with van der Waals surface area (Å²) >= 11 is 0. The molecule has 10 heteroatoms. The zero-order chi connectivity index (χ0) is 0.